The van der Waals surface area contributed by atoms with E-state index < -0.39 is 17.8 Å². The van der Waals surface area contributed by atoms with Gasteiger partial charge in [0.25, 0.3) is 0 Å². The van der Waals surface area contributed by atoms with Gasteiger partial charge in [0.2, 0.25) is 0 Å². The van der Waals surface area contributed by atoms with Crippen LogP contribution in [-0.2, 0) is 12.7 Å². The van der Waals surface area contributed by atoms with Crippen LogP contribution in [0.25, 0.3) is 0 Å². The summed E-state index contributed by atoms with van der Waals surface area (Å²) in [5, 5.41) is 4.36. The van der Waals surface area contributed by atoms with E-state index in [4.69, 9.17) is 5.73 Å². The molecule has 0 aliphatic rings. The minimum Gasteiger partial charge on any atom is -0.322 e. The van der Waals surface area contributed by atoms with Gasteiger partial charge in [-0.25, -0.2) is 0 Å². The highest BCUT2D eigenvalue weighted by molar-refractivity contribution is 5.28. The maximum absolute atomic E-state index is 12.7. The lowest BCUT2D eigenvalue weighted by molar-refractivity contribution is -0.137. The molecule has 1 aromatic heterocycles. The highest BCUT2D eigenvalue weighted by Crippen LogP contribution is 2.30. The van der Waals surface area contributed by atoms with Crippen molar-refractivity contribution in [3.63, 3.8) is 0 Å². The molecule has 0 saturated carbocycles. The predicted octanol–water partition coefficient (Wildman–Crippen LogP) is 3.53. The monoisotopic (exact) mass is 297 g/mol. The van der Waals surface area contributed by atoms with Crippen LogP contribution in [0, 0.1) is 20.8 Å². The minimum atomic E-state index is -4.36. The third-order valence-electron chi connectivity index (χ3n) is 3.76. The SMILES string of the molecule is Cc1nn(CC(N)c2cccc(C(F)(F)F)c2)c(C)c1C. The molecule has 0 radical (unpaired) electrons. The van der Waals surface area contributed by atoms with E-state index in [2.05, 4.69) is 5.10 Å². The van der Waals surface area contributed by atoms with E-state index in [9.17, 15) is 13.2 Å². The molecule has 3 nitrogen and oxygen atoms in total. The first-order valence-corrected chi connectivity index (χ1v) is 6.63. The number of aromatic nitrogens is 2. The summed E-state index contributed by atoms with van der Waals surface area (Å²) in [5.74, 6) is 0. The van der Waals surface area contributed by atoms with E-state index in [1.165, 1.54) is 6.07 Å². The first-order valence-electron chi connectivity index (χ1n) is 6.63. The van der Waals surface area contributed by atoms with Gasteiger partial charge in [0.1, 0.15) is 0 Å². The average molecular weight is 297 g/mol. The van der Waals surface area contributed by atoms with Gasteiger partial charge in [-0.3, -0.25) is 4.68 Å². The highest BCUT2D eigenvalue weighted by Gasteiger charge is 2.30. The molecule has 1 atom stereocenters. The van der Waals surface area contributed by atoms with Crippen LogP contribution in [0.1, 0.15) is 34.1 Å². The van der Waals surface area contributed by atoms with Gasteiger partial charge in [-0.05, 0) is 44.0 Å². The largest absolute Gasteiger partial charge is 0.416 e. The van der Waals surface area contributed by atoms with Crippen LogP contribution in [0.4, 0.5) is 13.2 Å². The number of rotatable bonds is 3. The molecule has 0 aliphatic carbocycles. The number of hydrogen-bond acceptors (Lipinski definition) is 2. The summed E-state index contributed by atoms with van der Waals surface area (Å²) in [6.07, 6.45) is -4.36. The van der Waals surface area contributed by atoms with Gasteiger partial charge in [0.15, 0.2) is 0 Å². The van der Waals surface area contributed by atoms with E-state index >= 15 is 0 Å². The Labute approximate surface area is 121 Å². The molecule has 6 heteroatoms. The lowest BCUT2D eigenvalue weighted by atomic mass is 10.0. The van der Waals surface area contributed by atoms with Crippen LogP contribution in [0.15, 0.2) is 24.3 Å². The van der Waals surface area contributed by atoms with Crippen molar-refractivity contribution in [2.24, 2.45) is 5.73 Å². The quantitative estimate of drug-likeness (QED) is 0.942. The highest BCUT2D eigenvalue weighted by atomic mass is 19.4. The Bertz CT molecular complexity index is 644. The van der Waals surface area contributed by atoms with Gasteiger partial charge in [-0.1, -0.05) is 12.1 Å². The zero-order valence-corrected chi connectivity index (χ0v) is 12.2. The molecule has 2 rings (SSSR count). The van der Waals surface area contributed by atoms with Crippen LogP contribution in [0.5, 0.6) is 0 Å². The van der Waals surface area contributed by atoms with Crippen molar-refractivity contribution < 1.29 is 13.2 Å². The smallest absolute Gasteiger partial charge is 0.322 e. The maximum Gasteiger partial charge on any atom is 0.416 e. The molecule has 1 heterocycles. The number of aryl methyl sites for hydroxylation is 1. The molecule has 114 valence electrons. The molecule has 0 saturated heterocycles. The summed E-state index contributed by atoms with van der Waals surface area (Å²) < 4.78 is 39.9. The van der Waals surface area contributed by atoms with Crippen molar-refractivity contribution in [1.82, 2.24) is 9.78 Å². The fourth-order valence-electron chi connectivity index (χ4n) is 2.20. The van der Waals surface area contributed by atoms with Crippen molar-refractivity contribution in [1.29, 1.82) is 0 Å². The second-order valence-corrected chi connectivity index (χ2v) is 5.21. The van der Waals surface area contributed by atoms with E-state index in [0.29, 0.717) is 12.1 Å². The van der Waals surface area contributed by atoms with Crippen molar-refractivity contribution in [2.75, 3.05) is 0 Å². The van der Waals surface area contributed by atoms with Crippen molar-refractivity contribution >= 4 is 0 Å². The van der Waals surface area contributed by atoms with Crippen LogP contribution in [-0.4, -0.2) is 9.78 Å². The Morgan fingerprint density at radius 3 is 2.43 bits per heavy atom. The van der Waals surface area contributed by atoms with Gasteiger partial charge >= 0.3 is 6.18 Å². The Morgan fingerprint density at radius 2 is 1.90 bits per heavy atom. The zero-order valence-electron chi connectivity index (χ0n) is 12.2. The average Bonchev–Trinajstić information content (AvgIpc) is 2.65. The standard InChI is InChI=1S/C15H18F3N3/c1-9-10(2)20-21(11(9)3)8-14(19)12-5-4-6-13(7-12)15(16,17)18/h4-7,14H,8,19H2,1-3H3. The summed E-state index contributed by atoms with van der Waals surface area (Å²) in [5.41, 5.74) is 8.78. The molecule has 0 fully saturated rings. The van der Waals surface area contributed by atoms with Crippen molar-refractivity contribution in [3.8, 4) is 0 Å². The normalized spacial score (nSPS) is 13.5. The van der Waals surface area contributed by atoms with Crippen molar-refractivity contribution in [3.05, 3.63) is 52.3 Å². The Hall–Kier alpha value is -1.82. The lowest BCUT2D eigenvalue weighted by Crippen LogP contribution is -2.20. The molecule has 2 aromatic rings. The molecule has 0 spiro atoms. The van der Waals surface area contributed by atoms with Crippen LogP contribution < -0.4 is 5.73 Å². The van der Waals surface area contributed by atoms with Gasteiger partial charge in [-0.2, -0.15) is 18.3 Å². The Kier molecular flexibility index (Phi) is 4.09. The predicted molar refractivity (Wildman–Crippen MR) is 74.8 cm³/mol. The molecular formula is C15H18F3N3. The van der Waals surface area contributed by atoms with E-state index in [0.717, 1.165) is 29.1 Å². The number of nitrogens with two attached hydrogens (primary N) is 1. The second-order valence-electron chi connectivity index (χ2n) is 5.21. The third kappa shape index (κ3) is 3.26. The topological polar surface area (TPSA) is 43.8 Å². The summed E-state index contributed by atoms with van der Waals surface area (Å²) in [7, 11) is 0. The molecular weight excluding hydrogens is 279 g/mol. The van der Waals surface area contributed by atoms with E-state index in [1.807, 2.05) is 20.8 Å². The minimum absolute atomic E-state index is 0.349. The molecule has 0 bridgehead atoms. The Balaban J connectivity index is 2.24. The molecule has 2 N–H and O–H groups in total. The van der Waals surface area contributed by atoms with Gasteiger partial charge < -0.3 is 5.73 Å². The maximum atomic E-state index is 12.7. The first-order chi connectivity index (χ1) is 9.70. The van der Waals surface area contributed by atoms with E-state index in [1.54, 1.807) is 10.7 Å². The summed E-state index contributed by atoms with van der Waals surface area (Å²) in [4.78, 5) is 0. The van der Waals surface area contributed by atoms with E-state index in [-0.39, 0.29) is 0 Å². The molecule has 0 aliphatic heterocycles. The Morgan fingerprint density at radius 1 is 1.24 bits per heavy atom. The van der Waals surface area contributed by atoms with Gasteiger partial charge in [0.05, 0.1) is 17.8 Å². The van der Waals surface area contributed by atoms with Crippen LogP contribution in [0.3, 0.4) is 0 Å². The zero-order chi connectivity index (χ0) is 15.8. The molecule has 0 amide bonds. The number of halogens is 3. The number of alkyl halides is 3. The second kappa shape index (κ2) is 5.52. The molecule has 21 heavy (non-hydrogen) atoms. The lowest BCUT2D eigenvalue weighted by Gasteiger charge is -2.15. The molecule has 1 aromatic carbocycles. The number of benzene rings is 1. The van der Waals surface area contributed by atoms with Crippen LogP contribution >= 0.6 is 0 Å². The van der Waals surface area contributed by atoms with Crippen molar-refractivity contribution in [2.45, 2.75) is 39.5 Å². The van der Waals surface area contributed by atoms with Crippen LogP contribution in [0.2, 0.25) is 0 Å². The van der Waals surface area contributed by atoms with Gasteiger partial charge in [0, 0.05) is 11.7 Å². The fraction of sp³-hybridized carbons (Fsp3) is 0.400. The third-order valence-corrected chi connectivity index (χ3v) is 3.76. The number of nitrogens with zero attached hydrogens (tertiary/aromatic N) is 2. The summed E-state index contributed by atoms with van der Waals surface area (Å²) in [6.45, 7) is 6.13. The first kappa shape index (κ1) is 15.6. The summed E-state index contributed by atoms with van der Waals surface area (Å²) in [6, 6.07) is 4.60. The molecule has 1 unspecified atom stereocenters. The summed E-state index contributed by atoms with van der Waals surface area (Å²) >= 11 is 0. The van der Waals surface area contributed by atoms with Gasteiger partial charge in [-0.15, -0.1) is 0 Å². The number of hydrogen-bond donors (Lipinski definition) is 1. The fourth-order valence-corrected chi connectivity index (χ4v) is 2.20.